The van der Waals surface area contributed by atoms with Gasteiger partial charge in [0.2, 0.25) is 0 Å². The number of unbranched alkanes of at least 4 members (excludes halogenated alkanes) is 2. The maximum atomic E-state index is 10.6. The van der Waals surface area contributed by atoms with Crippen LogP contribution in [0.1, 0.15) is 46.5 Å². The Morgan fingerprint density at radius 1 is 1.46 bits per heavy atom. The Balaban J connectivity index is 3.85. The van der Waals surface area contributed by atoms with Gasteiger partial charge in [0.25, 0.3) is 0 Å². The fourth-order valence-electron chi connectivity index (χ4n) is 1.11. The summed E-state index contributed by atoms with van der Waals surface area (Å²) in [5.74, 6) is -0.0178. The standard InChI is InChI=1S/C11H20O2/c1-4-5-6-8-11(3,13)9-7-10(2)12/h7,9,13H,4-6,8H2,1-3H3. The van der Waals surface area contributed by atoms with Gasteiger partial charge in [0.05, 0.1) is 5.60 Å². The zero-order chi connectivity index (χ0) is 10.3. The smallest absolute Gasteiger partial charge is 0.152 e. The second-order valence-corrected chi connectivity index (χ2v) is 3.76. The van der Waals surface area contributed by atoms with Gasteiger partial charge in [-0.1, -0.05) is 26.2 Å². The van der Waals surface area contributed by atoms with Crippen LogP contribution in [0.5, 0.6) is 0 Å². The number of carbonyl (C=O) groups excluding carboxylic acids is 1. The molecule has 0 saturated heterocycles. The van der Waals surface area contributed by atoms with Crippen molar-refractivity contribution < 1.29 is 9.90 Å². The second kappa shape index (κ2) is 5.92. The monoisotopic (exact) mass is 184 g/mol. The van der Waals surface area contributed by atoms with Crippen LogP contribution in [0.15, 0.2) is 12.2 Å². The lowest BCUT2D eigenvalue weighted by atomic mass is 9.97. The number of carbonyl (C=O) groups is 1. The topological polar surface area (TPSA) is 37.3 Å². The highest BCUT2D eigenvalue weighted by molar-refractivity contribution is 5.87. The summed E-state index contributed by atoms with van der Waals surface area (Å²) in [6.07, 6.45) is 7.03. The van der Waals surface area contributed by atoms with Crippen molar-refractivity contribution in [2.75, 3.05) is 0 Å². The third kappa shape index (κ3) is 7.72. The first-order valence-corrected chi connectivity index (χ1v) is 4.90. The van der Waals surface area contributed by atoms with Gasteiger partial charge in [-0.3, -0.25) is 4.79 Å². The van der Waals surface area contributed by atoms with E-state index in [1.165, 1.54) is 13.0 Å². The van der Waals surface area contributed by atoms with Crippen LogP contribution in [0.2, 0.25) is 0 Å². The molecule has 1 unspecified atom stereocenters. The van der Waals surface area contributed by atoms with Crippen molar-refractivity contribution in [2.24, 2.45) is 0 Å². The van der Waals surface area contributed by atoms with Crippen molar-refractivity contribution in [3.8, 4) is 0 Å². The van der Waals surface area contributed by atoms with Crippen molar-refractivity contribution in [2.45, 2.75) is 52.1 Å². The summed E-state index contributed by atoms with van der Waals surface area (Å²) in [6, 6.07) is 0. The highest BCUT2D eigenvalue weighted by atomic mass is 16.3. The van der Waals surface area contributed by atoms with Gasteiger partial charge in [-0.2, -0.15) is 0 Å². The Hall–Kier alpha value is -0.630. The normalized spacial score (nSPS) is 16.0. The third-order valence-electron chi connectivity index (χ3n) is 1.96. The molecule has 1 atom stereocenters. The minimum absolute atomic E-state index is 0.0178. The molecule has 0 bridgehead atoms. The summed E-state index contributed by atoms with van der Waals surface area (Å²) in [7, 11) is 0. The maximum Gasteiger partial charge on any atom is 0.152 e. The van der Waals surface area contributed by atoms with Crippen LogP contribution in [-0.2, 0) is 4.79 Å². The molecule has 0 aromatic heterocycles. The molecule has 0 aromatic carbocycles. The van der Waals surface area contributed by atoms with Crippen molar-refractivity contribution in [1.82, 2.24) is 0 Å². The molecule has 0 aliphatic rings. The number of allylic oxidation sites excluding steroid dienone is 1. The van der Waals surface area contributed by atoms with Gasteiger partial charge in [0, 0.05) is 0 Å². The van der Waals surface area contributed by atoms with E-state index >= 15 is 0 Å². The van der Waals surface area contributed by atoms with Crippen LogP contribution in [-0.4, -0.2) is 16.5 Å². The van der Waals surface area contributed by atoms with E-state index in [2.05, 4.69) is 6.92 Å². The van der Waals surface area contributed by atoms with Crippen LogP contribution in [0.4, 0.5) is 0 Å². The fourth-order valence-corrected chi connectivity index (χ4v) is 1.11. The first-order valence-electron chi connectivity index (χ1n) is 4.90. The average Bonchev–Trinajstić information content (AvgIpc) is 2.02. The van der Waals surface area contributed by atoms with Crippen LogP contribution in [0.25, 0.3) is 0 Å². The summed E-state index contributed by atoms with van der Waals surface area (Å²) in [6.45, 7) is 5.35. The van der Waals surface area contributed by atoms with E-state index in [0.717, 1.165) is 25.7 Å². The van der Waals surface area contributed by atoms with Gasteiger partial charge in [0.15, 0.2) is 5.78 Å². The highest BCUT2D eigenvalue weighted by Gasteiger charge is 2.14. The van der Waals surface area contributed by atoms with E-state index in [0.29, 0.717) is 0 Å². The zero-order valence-corrected chi connectivity index (χ0v) is 8.84. The molecule has 0 aromatic rings. The van der Waals surface area contributed by atoms with Crippen molar-refractivity contribution in [1.29, 1.82) is 0 Å². The van der Waals surface area contributed by atoms with Crippen LogP contribution in [0.3, 0.4) is 0 Å². The Morgan fingerprint density at radius 3 is 2.54 bits per heavy atom. The maximum absolute atomic E-state index is 10.6. The second-order valence-electron chi connectivity index (χ2n) is 3.76. The predicted molar refractivity (Wildman–Crippen MR) is 54.6 cm³/mol. The molecule has 2 nitrogen and oxygen atoms in total. The molecule has 1 N–H and O–H groups in total. The zero-order valence-electron chi connectivity index (χ0n) is 8.84. The Kier molecular flexibility index (Phi) is 5.63. The van der Waals surface area contributed by atoms with Gasteiger partial charge in [0.1, 0.15) is 0 Å². The van der Waals surface area contributed by atoms with Crippen LogP contribution >= 0.6 is 0 Å². The molecular weight excluding hydrogens is 164 g/mol. The first kappa shape index (κ1) is 12.4. The van der Waals surface area contributed by atoms with E-state index in [1.807, 2.05) is 0 Å². The van der Waals surface area contributed by atoms with Crippen LogP contribution in [0, 0.1) is 0 Å². The molecular formula is C11H20O2. The van der Waals surface area contributed by atoms with Crippen LogP contribution < -0.4 is 0 Å². The number of ketones is 1. The van der Waals surface area contributed by atoms with E-state index in [1.54, 1.807) is 13.0 Å². The number of rotatable bonds is 6. The minimum atomic E-state index is -0.819. The third-order valence-corrected chi connectivity index (χ3v) is 1.96. The molecule has 2 heteroatoms. The van der Waals surface area contributed by atoms with Crippen molar-refractivity contribution >= 4 is 5.78 Å². The average molecular weight is 184 g/mol. The van der Waals surface area contributed by atoms with Gasteiger partial charge in [-0.15, -0.1) is 0 Å². The molecule has 0 aliphatic heterocycles. The molecule has 76 valence electrons. The molecule has 0 fully saturated rings. The quantitative estimate of drug-likeness (QED) is 0.508. The van der Waals surface area contributed by atoms with E-state index < -0.39 is 5.60 Å². The summed E-state index contributed by atoms with van der Waals surface area (Å²) in [5, 5.41) is 9.75. The molecule has 0 amide bonds. The molecule has 0 saturated carbocycles. The summed E-state index contributed by atoms with van der Waals surface area (Å²) in [5.41, 5.74) is -0.819. The van der Waals surface area contributed by atoms with Gasteiger partial charge < -0.3 is 5.11 Å². The lowest BCUT2D eigenvalue weighted by Crippen LogP contribution is -2.20. The Bertz CT molecular complexity index is 181. The Morgan fingerprint density at radius 2 is 2.08 bits per heavy atom. The predicted octanol–water partition coefficient (Wildman–Crippen LogP) is 2.46. The molecule has 0 aliphatic carbocycles. The van der Waals surface area contributed by atoms with Gasteiger partial charge in [-0.05, 0) is 32.4 Å². The molecule has 0 rings (SSSR count). The van der Waals surface area contributed by atoms with Gasteiger partial charge >= 0.3 is 0 Å². The van der Waals surface area contributed by atoms with E-state index in [9.17, 15) is 9.90 Å². The van der Waals surface area contributed by atoms with E-state index in [-0.39, 0.29) is 5.78 Å². The lowest BCUT2D eigenvalue weighted by molar-refractivity contribution is -0.112. The molecule has 0 radical (unpaired) electrons. The SMILES string of the molecule is CCCCCC(C)(O)C=CC(C)=O. The first-order chi connectivity index (χ1) is 5.98. The number of hydrogen-bond acceptors (Lipinski definition) is 2. The molecule has 0 spiro atoms. The van der Waals surface area contributed by atoms with Gasteiger partial charge in [-0.25, -0.2) is 0 Å². The van der Waals surface area contributed by atoms with Crippen molar-refractivity contribution in [3.63, 3.8) is 0 Å². The molecule has 13 heavy (non-hydrogen) atoms. The largest absolute Gasteiger partial charge is 0.386 e. The minimum Gasteiger partial charge on any atom is -0.386 e. The highest BCUT2D eigenvalue weighted by Crippen LogP contribution is 2.15. The molecule has 0 heterocycles. The summed E-state index contributed by atoms with van der Waals surface area (Å²) >= 11 is 0. The number of hydrogen-bond donors (Lipinski definition) is 1. The lowest BCUT2D eigenvalue weighted by Gasteiger charge is -2.18. The van der Waals surface area contributed by atoms with Crippen molar-refractivity contribution in [3.05, 3.63) is 12.2 Å². The van der Waals surface area contributed by atoms with E-state index in [4.69, 9.17) is 0 Å². The fraction of sp³-hybridized carbons (Fsp3) is 0.727. The summed E-state index contributed by atoms with van der Waals surface area (Å²) in [4.78, 5) is 10.6. The number of aliphatic hydroxyl groups is 1. The Labute approximate surface area is 80.7 Å². The summed E-state index contributed by atoms with van der Waals surface area (Å²) < 4.78 is 0.